The highest BCUT2D eigenvalue weighted by molar-refractivity contribution is 7.86. The van der Waals surface area contributed by atoms with Gasteiger partial charge in [-0.1, -0.05) is 12.1 Å². The Morgan fingerprint density at radius 1 is 1.19 bits per heavy atom. The van der Waals surface area contributed by atoms with E-state index in [4.69, 9.17) is 13.7 Å². The topological polar surface area (TPSA) is 108 Å². The second-order valence-electron chi connectivity index (χ2n) is 5.75. The van der Waals surface area contributed by atoms with Gasteiger partial charge in [-0.05, 0) is 17.7 Å². The van der Waals surface area contributed by atoms with Crippen LogP contribution in [0.5, 0.6) is 5.75 Å². The normalized spacial score (nSPS) is 19.9. The molecule has 1 aliphatic heterocycles. The first kappa shape index (κ1) is 20.0. The number of amides is 1. The lowest BCUT2D eigenvalue weighted by Gasteiger charge is -2.21. The lowest BCUT2D eigenvalue weighted by Crippen LogP contribution is -2.41. The molecular weight excluding hydrogens is 366 g/mol. The van der Waals surface area contributed by atoms with Crippen LogP contribution in [0.1, 0.15) is 12.0 Å². The number of carbonyl (C=O) groups excluding carboxylic acids is 2. The molecule has 0 N–H and O–H groups in total. The first-order chi connectivity index (χ1) is 12.2. The molecule has 1 aromatic rings. The van der Waals surface area contributed by atoms with E-state index in [1.165, 1.54) is 7.11 Å². The Bertz CT molecular complexity index is 746. The van der Waals surface area contributed by atoms with Gasteiger partial charge in [-0.2, -0.15) is 8.42 Å². The van der Waals surface area contributed by atoms with E-state index < -0.39 is 34.3 Å². The molecule has 10 heteroatoms. The minimum Gasteiger partial charge on any atom is -0.497 e. The Kier molecular flexibility index (Phi) is 6.43. The Labute approximate surface area is 151 Å². The van der Waals surface area contributed by atoms with Gasteiger partial charge in [-0.25, -0.2) is 9.59 Å². The molecule has 1 aliphatic rings. The molecule has 144 valence electrons. The zero-order chi connectivity index (χ0) is 19.3. The van der Waals surface area contributed by atoms with E-state index >= 15 is 0 Å². The van der Waals surface area contributed by atoms with Crippen LogP contribution in [0.15, 0.2) is 24.3 Å². The molecule has 0 unspecified atom stereocenters. The van der Waals surface area contributed by atoms with Gasteiger partial charge < -0.3 is 14.2 Å². The molecule has 1 amide bonds. The first-order valence-electron chi connectivity index (χ1n) is 7.76. The van der Waals surface area contributed by atoms with Crippen molar-refractivity contribution in [3.05, 3.63) is 29.8 Å². The molecule has 0 aromatic heterocycles. The zero-order valence-electron chi connectivity index (χ0n) is 14.7. The number of esters is 1. The maximum atomic E-state index is 12.3. The minimum absolute atomic E-state index is 0.00911. The van der Waals surface area contributed by atoms with Gasteiger partial charge in [0.1, 0.15) is 18.4 Å². The molecule has 2 atom stereocenters. The first-order valence-corrected chi connectivity index (χ1v) is 9.57. The minimum atomic E-state index is -3.72. The predicted molar refractivity (Wildman–Crippen MR) is 90.0 cm³/mol. The summed E-state index contributed by atoms with van der Waals surface area (Å²) >= 11 is 0. The van der Waals surface area contributed by atoms with Crippen LogP contribution in [0.25, 0.3) is 0 Å². The van der Waals surface area contributed by atoms with Gasteiger partial charge in [0.15, 0.2) is 0 Å². The molecule has 0 radical (unpaired) electrons. The average molecular weight is 387 g/mol. The zero-order valence-corrected chi connectivity index (χ0v) is 15.5. The van der Waals surface area contributed by atoms with Crippen molar-refractivity contribution < 1.29 is 36.4 Å². The summed E-state index contributed by atoms with van der Waals surface area (Å²) in [6.07, 6.45) is -0.666. The van der Waals surface area contributed by atoms with E-state index in [1.54, 1.807) is 31.4 Å². The Balaban J connectivity index is 2.02. The molecule has 0 saturated carbocycles. The largest absolute Gasteiger partial charge is 0.497 e. The lowest BCUT2D eigenvalue weighted by atomic mass is 10.2. The molecule has 0 spiro atoms. The van der Waals surface area contributed by atoms with Crippen molar-refractivity contribution in [1.29, 1.82) is 0 Å². The molecule has 26 heavy (non-hydrogen) atoms. The van der Waals surface area contributed by atoms with Gasteiger partial charge in [0.25, 0.3) is 10.1 Å². The van der Waals surface area contributed by atoms with Gasteiger partial charge in [0.2, 0.25) is 0 Å². The van der Waals surface area contributed by atoms with Crippen molar-refractivity contribution in [3.63, 3.8) is 0 Å². The van der Waals surface area contributed by atoms with Crippen LogP contribution in [0.4, 0.5) is 4.79 Å². The number of methoxy groups -OCH3 is 2. The van der Waals surface area contributed by atoms with E-state index in [9.17, 15) is 18.0 Å². The highest BCUT2D eigenvalue weighted by Gasteiger charge is 2.43. The average Bonchev–Trinajstić information content (AvgIpc) is 3.01. The third-order valence-electron chi connectivity index (χ3n) is 3.80. The number of hydrogen-bond donors (Lipinski definition) is 0. The highest BCUT2D eigenvalue weighted by atomic mass is 32.2. The van der Waals surface area contributed by atoms with Crippen molar-refractivity contribution in [2.45, 2.75) is 25.2 Å². The SMILES string of the molecule is COC(=O)[C@@H]1C[C@@H](OS(C)(=O)=O)CN1C(=O)OCc1ccc(OC)cc1. The van der Waals surface area contributed by atoms with E-state index in [1.807, 2.05) is 0 Å². The van der Waals surface area contributed by atoms with Gasteiger partial charge in [-0.15, -0.1) is 0 Å². The van der Waals surface area contributed by atoms with E-state index in [2.05, 4.69) is 4.74 Å². The quantitative estimate of drug-likeness (QED) is 0.524. The lowest BCUT2D eigenvalue weighted by molar-refractivity contribution is -0.145. The van der Waals surface area contributed by atoms with Gasteiger partial charge >= 0.3 is 12.1 Å². The maximum Gasteiger partial charge on any atom is 0.410 e. The molecule has 9 nitrogen and oxygen atoms in total. The third kappa shape index (κ3) is 5.33. The molecule has 1 heterocycles. The van der Waals surface area contributed by atoms with Gasteiger partial charge in [-0.3, -0.25) is 9.08 Å². The van der Waals surface area contributed by atoms with Crippen molar-refractivity contribution >= 4 is 22.2 Å². The van der Waals surface area contributed by atoms with Crippen LogP contribution < -0.4 is 4.74 Å². The summed E-state index contributed by atoms with van der Waals surface area (Å²) in [5.41, 5.74) is 0.733. The second-order valence-corrected chi connectivity index (χ2v) is 7.35. The second kappa shape index (κ2) is 8.37. The van der Waals surface area contributed by atoms with Crippen molar-refractivity contribution in [2.24, 2.45) is 0 Å². The Morgan fingerprint density at radius 3 is 2.38 bits per heavy atom. The number of rotatable bonds is 6. The van der Waals surface area contributed by atoms with Crippen LogP contribution in [0, 0.1) is 0 Å². The molecule has 1 fully saturated rings. The fourth-order valence-electron chi connectivity index (χ4n) is 2.63. The standard InChI is InChI=1S/C16H21NO8S/c1-22-12-6-4-11(5-7-12)10-24-16(19)17-9-13(25-26(3,20)21)8-14(17)15(18)23-2/h4-7,13-14H,8-10H2,1-3H3/t13-,14+/m1/s1. The molecule has 0 aliphatic carbocycles. The van der Waals surface area contributed by atoms with E-state index in [-0.39, 0.29) is 19.6 Å². The number of ether oxygens (including phenoxy) is 3. The third-order valence-corrected chi connectivity index (χ3v) is 4.42. The summed E-state index contributed by atoms with van der Waals surface area (Å²) in [7, 11) is -0.983. The summed E-state index contributed by atoms with van der Waals surface area (Å²) in [4.78, 5) is 25.4. The number of carbonyl (C=O) groups is 2. The number of benzene rings is 1. The highest BCUT2D eigenvalue weighted by Crippen LogP contribution is 2.24. The van der Waals surface area contributed by atoms with Gasteiger partial charge in [0.05, 0.1) is 33.1 Å². The predicted octanol–water partition coefficient (Wildman–Crippen LogP) is 0.924. The fraction of sp³-hybridized carbons (Fsp3) is 0.500. The number of hydrogen-bond acceptors (Lipinski definition) is 8. The van der Waals surface area contributed by atoms with Crippen LogP contribution in [-0.2, 0) is 35.2 Å². The summed E-state index contributed by atoms with van der Waals surface area (Å²) < 4.78 is 42.4. The van der Waals surface area contributed by atoms with Gasteiger partial charge in [0, 0.05) is 6.42 Å². The number of likely N-dealkylation sites (tertiary alicyclic amines) is 1. The van der Waals surface area contributed by atoms with E-state index in [0.717, 1.165) is 16.7 Å². The summed E-state index contributed by atoms with van der Waals surface area (Å²) in [5, 5.41) is 0. The van der Waals surface area contributed by atoms with Crippen molar-refractivity contribution in [1.82, 2.24) is 4.90 Å². The summed E-state index contributed by atoms with van der Waals surface area (Å²) in [5.74, 6) is 0.0112. The Morgan fingerprint density at radius 2 is 1.85 bits per heavy atom. The summed E-state index contributed by atoms with van der Waals surface area (Å²) in [6, 6.07) is 5.97. The monoisotopic (exact) mass is 387 g/mol. The van der Waals surface area contributed by atoms with Crippen LogP contribution in [0.3, 0.4) is 0 Å². The maximum absolute atomic E-state index is 12.3. The van der Waals surface area contributed by atoms with Crippen LogP contribution in [-0.4, -0.2) is 64.5 Å². The number of nitrogens with zero attached hydrogens (tertiary/aromatic N) is 1. The van der Waals surface area contributed by atoms with Crippen LogP contribution >= 0.6 is 0 Å². The van der Waals surface area contributed by atoms with E-state index in [0.29, 0.717) is 5.75 Å². The fourth-order valence-corrected chi connectivity index (χ4v) is 3.26. The molecule has 1 saturated heterocycles. The van der Waals surface area contributed by atoms with Crippen molar-refractivity contribution in [2.75, 3.05) is 27.0 Å². The molecule has 2 rings (SSSR count). The molecular formula is C16H21NO8S. The smallest absolute Gasteiger partial charge is 0.410 e. The molecule has 0 bridgehead atoms. The Hall–Kier alpha value is -2.33. The summed E-state index contributed by atoms with van der Waals surface area (Å²) in [6.45, 7) is -0.0981. The van der Waals surface area contributed by atoms with Crippen LogP contribution in [0.2, 0.25) is 0 Å². The molecule has 1 aromatic carbocycles. The van der Waals surface area contributed by atoms with Crippen molar-refractivity contribution in [3.8, 4) is 5.75 Å².